The topological polar surface area (TPSA) is 41.1 Å². The summed E-state index contributed by atoms with van der Waals surface area (Å²) in [5, 5.41) is 3.68. The molecule has 0 aliphatic heterocycles. The summed E-state index contributed by atoms with van der Waals surface area (Å²) in [4.78, 5) is 10.5. The first-order chi connectivity index (χ1) is 8.66. The number of nitrogens with zero attached hydrogens (tertiary/aromatic N) is 3. The van der Waals surface area contributed by atoms with Crippen molar-refractivity contribution in [2.45, 2.75) is 31.1 Å². The quantitative estimate of drug-likeness (QED) is 0.853. The van der Waals surface area contributed by atoms with Gasteiger partial charge in [-0.25, -0.2) is 4.98 Å². The zero-order valence-corrected chi connectivity index (χ0v) is 11.8. The first kappa shape index (κ1) is 13.4. The molecule has 100 valence electrons. The number of hydrogen-bond acceptors (Lipinski definition) is 4. The van der Waals surface area contributed by atoms with Crippen LogP contribution in [-0.2, 0) is 0 Å². The van der Waals surface area contributed by atoms with E-state index in [0.29, 0.717) is 11.3 Å². The maximum absolute atomic E-state index is 6.35. The van der Waals surface area contributed by atoms with Gasteiger partial charge in [0.2, 0.25) is 5.95 Å². The number of halogens is 1. The lowest BCUT2D eigenvalue weighted by Gasteiger charge is -2.27. The fraction of sp³-hybridized carbons (Fsp3) is 0.692. The Balaban J connectivity index is 1.91. The van der Waals surface area contributed by atoms with Crippen LogP contribution in [0.4, 0.5) is 11.8 Å². The van der Waals surface area contributed by atoms with Gasteiger partial charge in [-0.2, -0.15) is 4.98 Å². The molecule has 18 heavy (non-hydrogen) atoms. The number of aromatic nitrogens is 2. The molecule has 1 aromatic rings. The fourth-order valence-corrected chi connectivity index (χ4v) is 2.66. The molecule has 1 aromatic heterocycles. The van der Waals surface area contributed by atoms with Crippen LogP contribution >= 0.6 is 11.6 Å². The highest BCUT2D eigenvalue weighted by atomic mass is 35.5. The molecule has 1 fully saturated rings. The second-order valence-electron chi connectivity index (χ2n) is 5.08. The van der Waals surface area contributed by atoms with E-state index in [1.165, 1.54) is 19.3 Å². The van der Waals surface area contributed by atoms with E-state index in [9.17, 15) is 0 Å². The second kappa shape index (κ2) is 6.23. The molecule has 0 radical (unpaired) electrons. The van der Waals surface area contributed by atoms with Crippen molar-refractivity contribution >= 4 is 23.4 Å². The predicted molar refractivity (Wildman–Crippen MR) is 76.4 cm³/mol. The van der Waals surface area contributed by atoms with E-state index in [-0.39, 0.29) is 0 Å². The highest BCUT2D eigenvalue weighted by Crippen LogP contribution is 2.28. The van der Waals surface area contributed by atoms with Crippen LogP contribution in [-0.4, -0.2) is 36.0 Å². The molecule has 0 bridgehead atoms. The van der Waals surface area contributed by atoms with Crippen LogP contribution in [0.25, 0.3) is 0 Å². The van der Waals surface area contributed by atoms with Crippen molar-refractivity contribution in [2.24, 2.45) is 5.92 Å². The van der Waals surface area contributed by atoms with Crippen molar-refractivity contribution < 1.29 is 0 Å². The van der Waals surface area contributed by atoms with Crippen molar-refractivity contribution in [1.82, 2.24) is 9.97 Å². The summed E-state index contributed by atoms with van der Waals surface area (Å²) in [5.41, 5.74) is 0. The Kier molecular flexibility index (Phi) is 4.64. The molecule has 1 aliphatic carbocycles. The lowest BCUT2D eigenvalue weighted by atomic mass is 9.89. The molecule has 0 amide bonds. The van der Waals surface area contributed by atoms with Crippen LogP contribution < -0.4 is 10.2 Å². The molecule has 2 atom stereocenters. The molecule has 0 saturated heterocycles. The van der Waals surface area contributed by atoms with Crippen LogP contribution in [0.15, 0.2) is 12.3 Å². The van der Waals surface area contributed by atoms with Gasteiger partial charge in [-0.3, -0.25) is 0 Å². The van der Waals surface area contributed by atoms with Crippen LogP contribution in [0.2, 0.25) is 0 Å². The largest absolute Gasteiger partial charge is 0.370 e. The molecule has 1 saturated carbocycles. The van der Waals surface area contributed by atoms with Crippen molar-refractivity contribution in [1.29, 1.82) is 0 Å². The minimum absolute atomic E-state index is 0.307. The second-order valence-corrected chi connectivity index (χ2v) is 5.64. The average molecular weight is 269 g/mol. The Morgan fingerprint density at radius 1 is 1.39 bits per heavy atom. The zero-order valence-electron chi connectivity index (χ0n) is 11.1. The number of hydrogen-bond donors (Lipinski definition) is 1. The van der Waals surface area contributed by atoms with E-state index in [2.05, 4.69) is 15.3 Å². The normalized spacial score (nSPS) is 23.7. The standard InChI is InChI=1S/C13H21ClN4/c1-18(2)13-15-8-7-12(17-13)16-9-10-5-3-4-6-11(10)14/h7-8,10-11H,3-6,9H2,1-2H3,(H,15,16,17). The van der Waals surface area contributed by atoms with Crippen molar-refractivity contribution in [3.8, 4) is 0 Å². The van der Waals surface area contributed by atoms with E-state index in [1.807, 2.05) is 25.1 Å². The van der Waals surface area contributed by atoms with Gasteiger partial charge in [0.05, 0.1) is 0 Å². The van der Waals surface area contributed by atoms with Crippen molar-refractivity contribution in [3.05, 3.63) is 12.3 Å². The SMILES string of the molecule is CN(C)c1nccc(NCC2CCCCC2Cl)n1. The third-order valence-electron chi connectivity index (χ3n) is 3.40. The van der Waals surface area contributed by atoms with Crippen molar-refractivity contribution in [2.75, 3.05) is 30.9 Å². The predicted octanol–water partition coefficient (Wildman–Crippen LogP) is 2.75. The summed E-state index contributed by atoms with van der Waals surface area (Å²) in [5.74, 6) is 2.16. The Labute approximate surface area is 114 Å². The molecule has 0 aromatic carbocycles. The highest BCUT2D eigenvalue weighted by molar-refractivity contribution is 6.20. The zero-order chi connectivity index (χ0) is 13.0. The van der Waals surface area contributed by atoms with E-state index in [1.54, 1.807) is 6.20 Å². The molecule has 1 N–H and O–H groups in total. The highest BCUT2D eigenvalue weighted by Gasteiger charge is 2.22. The van der Waals surface area contributed by atoms with Gasteiger partial charge in [-0.15, -0.1) is 11.6 Å². The summed E-state index contributed by atoms with van der Waals surface area (Å²) in [6.07, 6.45) is 6.70. The fourth-order valence-electron chi connectivity index (χ4n) is 2.29. The van der Waals surface area contributed by atoms with Crippen molar-refractivity contribution in [3.63, 3.8) is 0 Å². The van der Waals surface area contributed by atoms with Gasteiger partial charge >= 0.3 is 0 Å². The maximum Gasteiger partial charge on any atom is 0.226 e. The summed E-state index contributed by atoms with van der Waals surface area (Å²) in [6.45, 7) is 0.901. The Morgan fingerprint density at radius 3 is 2.89 bits per heavy atom. The van der Waals surface area contributed by atoms with E-state index in [0.717, 1.165) is 24.7 Å². The molecule has 4 nitrogen and oxygen atoms in total. The Morgan fingerprint density at radius 2 is 2.17 bits per heavy atom. The van der Waals surface area contributed by atoms with Gasteiger partial charge in [0.1, 0.15) is 5.82 Å². The monoisotopic (exact) mass is 268 g/mol. The minimum Gasteiger partial charge on any atom is -0.370 e. The third kappa shape index (κ3) is 3.48. The van der Waals surface area contributed by atoms with Gasteiger partial charge in [0.25, 0.3) is 0 Å². The number of alkyl halides is 1. The van der Waals surface area contributed by atoms with Gasteiger partial charge in [-0.1, -0.05) is 12.8 Å². The minimum atomic E-state index is 0.307. The molecule has 5 heteroatoms. The first-order valence-electron chi connectivity index (χ1n) is 6.55. The van der Waals surface area contributed by atoms with E-state index >= 15 is 0 Å². The number of anilines is 2. The maximum atomic E-state index is 6.35. The molecule has 2 unspecified atom stereocenters. The molecule has 1 heterocycles. The summed E-state index contributed by atoms with van der Waals surface area (Å²) in [7, 11) is 3.88. The smallest absolute Gasteiger partial charge is 0.226 e. The Bertz CT molecular complexity index is 383. The third-order valence-corrected chi connectivity index (χ3v) is 3.98. The van der Waals surface area contributed by atoms with Gasteiger partial charge in [-0.05, 0) is 24.8 Å². The molecular formula is C13H21ClN4. The van der Waals surface area contributed by atoms with Crippen LogP contribution in [0, 0.1) is 5.92 Å². The van der Waals surface area contributed by atoms with Crippen LogP contribution in [0.5, 0.6) is 0 Å². The molecular weight excluding hydrogens is 248 g/mol. The molecule has 1 aliphatic rings. The number of nitrogens with one attached hydrogen (secondary N) is 1. The Hall–Kier alpha value is -1.03. The van der Waals surface area contributed by atoms with Gasteiger partial charge in [0, 0.05) is 32.2 Å². The summed E-state index contributed by atoms with van der Waals surface area (Å²) < 4.78 is 0. The lowest BCUT2D eigenvalue weighted by molar-refractivity contribution is 0.380. The summed E-state index contributed by atoms with van der Waals surface area (Å²) in [6, 6.07) is 1.90. The molecule has 2 rings (SSSR count). The van der Waals surface area contributed by atoms with E-state index < -0.39 is 0 Å². The number of rotatable bonds is 4. The lowest BCUT2D eigenvalue weighted by Crippen LogP contribution is -2.27. The molecule has 0 spiro atoms. The van der Waals surface area contributed by atoms with Gasteiger partial charge in [0.15, 0.2) is 0 Å². The van der Waals surface area contributed by atoms with Gasteiger partial charge < -0.3 is 10.2 Å². The van der Waals surface area contributed by atoms with Crippen LogP contribution in [0.1, 0.15) is 25.7 Å². The van der Waals surface area contributed by atoms with E-state index in [4.69, 9.17) is 11.6 Å². The van der Waals surface area contributed by atoms with Crippen LogP contribution in [0.3, 0.4) is 0 Å². The average Bonchev–Trinajstić information content (AvgIpc) is 2.38. The summed E-state index contributed by atoms with van der Waals surface area (Å²) >= 11 is 6.35. The first-order valence-corrected chi connectivity index (χ1v) is 6.99.